The average Bonchev–Trinajstić information content (AvgIpc) is 3.29. The number of piperidine rings is 1. The first-order chi connectivity index (χ1) is 14.5. The first-order valence-corrected chi connectivity index (χ1v) is 12.0. The molecule has 1 fully saturated rings. The van der Waals surface area contributed by atoms with E-state index in [0.717, 1.165) is 41.8 Å². The average molecular weight is 445 g/mol. The van der Waals surface area contributed by atoms with Gasteiger partial charge in [0.05, 0.1) is 0 Å². The third-order valence-corrected chi connectivity index (χ3v) is 7.90. The molecule has 4 rings (SSSR count). The molecule has 3 aromatic rings. The number of hydrogen-bond acceptors (Lipinski definition) is 4. The fourth-order valence-corrected chi connectivity index (χ4v) is 5.89. The number of para-hydroxylation sites is 1. The number of rotatable bonds is 5. The van der Waals surface area contributed by atoms with Gasteiger partial charge >= 0.3 is 0 Å². The van der Waals surface area contributed by atoms with Crippen molar-refractivity contribution in [2.75, 3.05) is 18.4 Å². The molecule has 1 aromatic heterocycles. The molecule has 0 spiro atoms. The number of halogens is 1. The van der Waals surface area contributed by atoms with E-state index < -0.39 is 26.6 Å². The van der Waals surface area contributed by atoms with Gasteiger partial charge in [-0.2, -0.15) is 4.31 Å². The van der Waals surface area contributed by atoms with Gasteiger partial charge in [-0.25, -0.2) is 12.8 Å². The van der Waals surface area contributed by atoms with Gasteiger partial charge in [0, 0.05) is 34.8 Å². The normalized spacial score (nSPS) is 15.1. The van der Waals surface area contributed by atoms with E-state index in [1.807, 2.05) is 35.7 Å². The van der Waals surface area contributed by atoms with Crippen LogP contribution in [0.3, 0.4) is 0 Å². The molecule has 0 saturated carbocycles. The van der Waals surface area contributed by atoms with Crippen LogP contribution < -0.4 is 5.32 Å². The van der Waals surface area contributed by atoms with Crippen molar-refractivity contribution in [3.63, 3.8) is 0 Å². The predicted molar refractivity (Wildman–Crippen MR) is 117 cm³/mol. The van der Waals surface area contributed by atoms with Crippen molar-refractivity contribution in [1.29, 1.82) is 0 Å². The Morgan fingerprint density at radius 2 is 1.77 bits per heavy atom. The quantitative estimate of drug-likeness (QED) is 0.603. The van der Waals surface area contributed by atoms with E-state index in [4.69, 9.17) is 0 Å². The zero-order valence-electron chi connectivity index (χ0n) is 16.2. The minimum atomic E-state index is -3.99. The lowest BCUT2D eigenvalue weighted by atomic mass is 10.1. The molecule has 30 heavy (non-hydrogen) atoms. The van der Waals surface area contributed by atoms with Gasteiger partial charge in [0.15, 0.2) is 0 Å². The number of nitrogens with one attached hydrogen (secondary N) is 1. The van der Waals surface area contributed by atoms with Crippen LogP contribution in [0.2, 0.25) is 0 Å². The third-order valence-electron chi connectivity index (χ3n) is 5.09. The summed E-state index contributed by atoms with van der Waals surface area (Å²) in [5.41, 5.74) is 1.56. The zero-order chi connectivity index (χ0) is 21.1. The molecule has 2 heterocycles. The second kappa shape index (κ2) is 8.67. The third kappa shape index (κ3) is 4.16. The van der Waals surface area contributed by atoms with Crippen LogP contribution >= 0.6 is 11.3 Å². The molecule has 8 heteroatoms. The van der Waals surface area contributed by atoms with Gasteiger partial charge in [-0.15, -0.1) is 11.3 Å². The smallest absolute Gasteiger partial charge is 0.255 e. The van der Waals surface area contributed by atoms with Crippen LogP contribution in [0.25, 0.3) is 10.4 Å². The lowest BCUT2D eigenvalue weighted by Gasteiger charge is -2.26. The second-order valence-corrected chi connectivity index (χ2v) is 9.94. The molecule has 0 bridgehead atoms. The van der Waals surface area contributed by atoms with E-state index in [1.165, 1.54) is 10.4 Å². The van der Waals surface area contributed by atoms with Crippen molar-refractivity contribution in [3.8, 4) is 10.4 Å². The topological polar surface area (TPSA) is 66.5 Å². The van der Waals surface area contributed by atoms with Gasteiger partial charge in [-0.05, 0) is 48.6 Å². The van der Waals surface area contributed by atoms with Crippen LogP contribution in [0.4, 0.5) is 10.1 Å². The first kappa shape index (κ1) is 20.7. The van der Waals surface area contributed by atoms with Gasteiger partial charge in [0.2, 0.25) is 10.0 Å². The number of carbonyl (C=O) groups excluding carboxylic acids is 1. The van der Waals surface area contributed by atoms with Crippen LogP contribution in [0.5, 0.6) is 0 Å². The van der Waals surface area contributed by atoms with Crippen molar-refractivity contribution < 1.29 is 17.6 Å². The summed E-state index contributed by atoms with van der Waals surface area (Å²) in [6.07, 6.45) is 2.46. The van der Waals surface area contributed by atoms with E-state index in [1.54, 1.807) is 17.4 Å². The summed E-state index contributed by atoms with van der Waals surface area (Å²) in [7, 11) is -3.99. The molecular weight excluding hydrogens is 423 g/mol. The van der Waals surface area contributed by atoms with E-state index >= 15 is 0 Å². The van der Waals surface area contributed by atoms with E-state index in [9.17, 15) is 17.6 Å². The van der Waals surface area contributed by atoms with Crippen molar-refractivity contribution >= 4 is 33.0 Å². The Bertz CT molecular complexity index is 1150. The molecule has 0 atom stereocenters. The largest absolute Gasteiger partial charge is 0.321 e. The van der Waals surface area contributed by atoms with Crippen molar-refractivity contribution in [1.82, 2.24) is 4.31 Å². The Balaban J connectivity index is 1.63. The first-order valence-electron chi connectivity index (χ1n) is 9.71. The Kier molecular flexibility index (Phi) is 5.99. The molecule has 1 aliphatic heterocycles. The van der Waals surface area contributed by atoms with Crippen LogP contribution in [-0.4, -0.2) is 31.7 Å². The Labute approximate surface area is 179 Å². The van der Waals surface area contributed by atoms with E-state index in [0.29, 0.717) is 18.8 Å². The number of hydrogen-bond donors (Lipinski definition) is 1. The number of benzene rings is 2. The highest BCUT2D eigenvalue weighted by molar-refractivity contribution is 7.89. The monoisotopic (exact) mass is 444 g/mol. The Morgan fingerprint density at radius 1 is 1.00 bits per heavy atom. The number of anilines is 1. The summed E-state index contributed by atoms with van der Waals surface area (Å²) in [6, 6.07) is 14.7. The molecule has 156 valence electrons. The van der Waals surface area contributed by atoms with Gasteiger partial charge in [0.25, 0.3) is 5.91 Å². The molecule has 1 saturated heterocycles. The lowest BCUT2D eigenvalue weighted by Crippen LogP contribution is -2.36. The Hall–Kier alpha value is -2.55. The van der Waals surface area contributed by atoms with Crippen LogP contribution in [0, 0.1) is 5.82 Å². The van der Waals surface area contributed by atoms with Crippen LogP contribution in [0.15, 0.2) is 64.9 Å². The van der Waals surface area contributed by atoms with Crippen LogP contribution in [0.1, 0.15) is 29.6 Å². The molecule has 0 aliphatic carbocycles. The zero-order valence-corrected chi connectivity index (χ0v) is 17.8. The minimum absolute atomic E-state index is 0.0907. The highest BCUT2D eigenvalue weighted by Gasteiger charge is 2.29. The fourth-order valence-electron chi connectivity index (χ4n) is 3.52. The van der Waals surface area contributed by atoms with Gasteiger partial charge in [-0.1, -0.05) is 30.7 Å². The van der Waals surface area contributed by atoms with E-state index in [2.05, 4.69) is 5.32 Å². The molecule has 0 unspecified atom stereocenters. The molecule has 0 radical (unpaired) electrons. The maximum atomic E-state index is 14.4. The molecule has 1 N–H and O–H groups in total. The number of thiophene rings is 1. The van der Waals surface area contributed by atoms with Crippen molar-refractivity contribution in [2.24, 2.45) is 0 Å². The standard InChI is InChI=1S/C22H21FN2O3S2/c23-18-11-10-16(15-21(18)30(27,28)25-12-4-1-5-13-25)22(26)24-19-8-3-2-7-17(19)20-9-6-14-29-20/h2-3,6-11,14-15H,1,4-5,12-13H2,(H,24,26). The highest BCUT2D eigenvalue weighted by Crippen LogP contribution is 2.32. The maximum Gasteiger partial charge on any atom is 0.255 e. The molecular formula is C22H21FN2O3S2. The van der Waals surface area contributed by atoms with Crippen molar-refractivity contribution in [2.45, 2.75) is 24.2 Å². The lowest BCUT2D eigenvalue weighted by molar-refractivity contribution is 0.102. The highest BCUT2D eigenvalue weighted by atomic mass is 32.2. The summed E-state index contributed by atoms with van der Waals surface area (Å²) >= 11 is 1.55. The summed E-state index contributed by atoms with van der Waals surface area (Å²) in [6.45, 7) is 0.735. The van der Waals surface area contributed by atoms with Crippen molar-refractivity contribution in [3.05, 3.63) is 71.4 Å². The van der Waals surface area contributed by atoms with E-state index in [-0.39, 0.29) is 5.56 Å². The second-order valence-electron chi connectivity index (χ2n) is 7.09. The number of amides is 1. The summed E-state index contributed by atoms with van der Waals surface area (Å²) in [5, 5.41) is 4.78. The summed E-state index contributed by atoms with van der Waals surface area (Å²) < 4.78 is 41.5. The molecule has 2 aromatic carbocycles. The summed E-state index contributed by atoms with van der Waals surface area (Å²) in [4.78, 5) is 13.4. The summed E-state index contributed by atoms with van der Waals surface area (Å²) in [5.74, 6) is -1.34. The number of carbonyl (C=O) groups is 1. The van der Waals surface area contributed by atoms with Gasteiger partial charge in [0.1, 0.15) is 10.7 Å². The predicted octanol–water partition coefficient (Wildman–Crippen LogP) is 4.98. The molecule has 1 aliphatic rings. The van der Waals surface area contributed by atoms with Gasteiger partial charge < -0.3 is 5.32 Å². The Morgan fingerprint density at radius 3 is 2.50 bits per heavy atom. The number of nitrogens with zero attached hydrogens (tertiary/aromatic N) is 1. The van der Waals surface area contributed by atoms with Crippen LogP contribution in [-0.2, 0) is 10.0 Å². The minimum Gasteiger partial charge on any atom is -0.321 e. The van der Waals surface area contributed by atoms with Gasteiger partial charge in [-0.3, -0.25) is 4.79 Å². The molecule has 5 nitrogen and oxygen atoms in total. The SMILES string of the molecule is O=C(Nc1ccccc1-c1cccs1)c1ccc(F)c(S(=O)(=O)N2CCCCC2)c1. The molecule has 1 amide bonds. The number of sulfonamides is 1. The fraction of sp³-hybridized carbons (Fsp3) is 0.227. The maximum absolute atomic E-state index is 14.4.